The second kappa shape index (κ2) is 17.4. The van der Waals surface area contributed by atoms with Crippen LogP contribution in [0.1, 0.15) is 90.0 Å². The molecule has 3 fully saturated rings. The number of aromatic nitrogens is 4. The number of H-pyrrole nitrogens is 2. The molecule has 0 saturated carbocycles. The van der Waals surface area contributed by atoms with Gasteiger partial charge < -0.3 is 39.9 Å². The van der Waals surface area contributed by atoms with E-state index in [1.54, 1.807) is 0 Å². The zero-order valence-electron chi connectivity index (χ0n) is 33.2. The summed E-state index contributed by atoms with van der Waals surface area (Å²) in [5.74, 6) is 1.69. The van der Waals surface area contributed by atoms with Crippen LogP contribution in [0, 0.1) is 11.8 Å². The highest BCUT2D eigenvalue weighted by Gasteiger charge is 2.39. The quantitative estimate of drug-likeness (QED) is 0.125. The van der Waals surface area contributed by atoms with Crippen molar-refractivity contribution in [2.24, 2.45) is 11.8 Å². The van der Waals surface area contributed by atoms with E-state index in [2.05, 4.69) is 88.0 Å². The van der Waals surface area contributed by atoms with Gasteiger partial charge in [0.25, 0.3) is 0 Å². The molecule has 0 unspecified atom stereocenters. The number of amides is 3. The van der Waals surface area contributed by atoms with Crippen LogP contribution in [-0.4, -0.2) is 99.2 Å². The Balaban J connectivity index is 0.988. The fraction of sp³-hybridized carbons (Fsp3) is 0.512. The molecule has 13 nitrogen and oxygen atoms in total. The highest BCUT2D eigenvalue weighted by atomic mass is 16.5. The van der Waals surface area contributed by atoms with E-state index in [4.69, 9.17) is 14.5 Å². The van der Waals surface area contributed by atoms with Crippen molar-refractivity contribution in [1.29, 1.82) is 0 Å². The van der Waals surface area contributed by atoms with Crippen molar-refractivity contribution in [2.45, 2.75) is 96.4 Å². The van der Waals surface area contributed by atoms with Gasteiger partial charge in [-0.15, -0.1) is 0 Å². The summed E-state index contributed by atoms with van der Waals surface area (Å²) in [4.78, 5) is 59.7. The number of nitrogens with one attached hydrogen (secondary N) is 4. The van der Waals surface area contributed by atoms with Crippen molar-refractivity contribution in [3.63, 3.8) is 0 Å². The van der Waals surface area contributed by atoms with Crippen molar-refractivity contribution in [1.82, 2.24) is 40.4 Å². The van der Waals surface area contributed by atoms with Crippen LogP contribution in [-0.2, 0) is 19.1 Å². The maximum Gasteiger partial charge on any atom is 0.407 e. The highest BCUT2D eigenvalue weighted by molar-refractivity contribution is 5.86. The Kier molecular flexibility index (Phi) is 12.2. The second-order valence-corrected chi connectivity index (χ2v) is 16.0. The first-order valence-corrected chi connectivity index (χ1v) is 20.2. The number of alkyl carbamates (subject to hydrolysis) is 1. The summed E-state index contributed by atoms with van der Waals surface area (Å²) < 4.78 is 10.3. The van der Waals surface area contributed by atoms with Gasteiger partial charge in [-0.05, 0) is 72.6 Å². The van der Waals surface area contributed by atoms with Crippen LogP contribution < -0.4 is 10.6 Å². The van der Waals surface area contributed by atoms with Gasteiger partial charge in [-0.3, -0.25) is 9.59 Å². The molecule has 4 aromatic rings. The summed E-state index contributed by atoms with van der Waals surface area (Å²) in [6, 6.07) is 15.9. The molecule has 0 spiro atoms. The Hall–Kier alpha value is -5.01. The van der Waals surface area contributed by atoms with Gasteiger partial charge >= 0.3 is 6.09 Å². The molecule has 56 heavy (non-hydrogen) atoms. The van der Waals surface area contributed by atoms with Crippen LogP contribution in [0.2, 0.25) is 0 Å². The summed E-state index contributed by atoms with van der Waals surface area (Å²) in [6.45, 7) is 10.9. The number of likely N-dealkylation sites (tertiary alicyclic amines) is 2. The summed E-state index contributed by atoms with van der Waals surface area (Å²) in [7, 11) is 1.30. The lowest BCUT2D eigenvalue weighted by molar-refractivity contribution is -0.136. The van der Waals surface area contributed by atoms with Crippen LogP contribution in [0.5, 0.6) is 0 Å². The first kappa shape index (κ1) is 39.2. The number of carbonyl (C=O) groups excluding carboxylic acids is 3. The third kappa shape index (κ3) is 8.53. The Morgan fingerprint density at radius 3 is 1.59 bits per heavy atom. The van der Waals surface area contributed by atoms with Gasteiger partial charge in [0.2, 0.25) is 11.8 Å². The number of methoxy groups -OCH3 is 1. The van der Waals surface area contributed by atoms with Gasteiger partial charge in [0, 0.05) is 32.3 Å². The lowest BCUT2D eigenvalue weighted by atomic mass is 9.99. The van der Waals surface area contributed by atoms with Crippen molar-refractivity contribution < 1.29 is 23.9 Å². The molecular weight excluding hydrogens is 709 g/mol. The fourth-order valence-electron chi connectivity index (χ4n) is 8.34. The molecule has 7 rings (SSSR count). The van der Waals surface area contributed by atoms with E-state index in [9.17, 15) is 14.4 Å². The summed E-state index contributed by atoms with van der Waals surface area (Å²) in [6.07, 6.45) is 8.45. The zero-order chi connectivity index (χ0) is 39.3. The number of benzene rings is 2. The number of rotatable bonds is 12. The van der Waals surface area contributed by atoms with Gasteiger partial charge in [-0.1, -0.05) is 76.2 Å². The first-order chi connectivity index (χ1) is 27.1. The molecule has 4 N–H and O–H groups in total. The Morgan fingerprint density at radius 2 is 1.14 bits per heavy atom. The largest absolute Gasteiger partial charge is 0.453 e. The van der Waals surface area contributed by atoms with Gasteiger partial charge in [0.05, 0.1) is 49.0 Å². The number of imidazole rings is 2. The molecule has 5 heterocycles. The predicted octanol–water partition coefficient (Wildman–Crippen LogP) is 6.63. The lowest BCUT2D eigenvalue weighted by Gasteiger charge is -2.34. The minimum atomic E-state index is -0.677. The molecule has 4 atom stereocenters. The Labute approximate surface area is 329 Å². The maximum absolute atomic E-state index is 13.9. The molecule has 298 valence electrons. The normalized spacial score (nSPS) is 20.1. The SMILES string of the molecule is COC(=O)N[C@H](C(=O)N1CCC[C@H]1c1ncc(-c2ccc(-c3ccc(-c4cnc([C@@H]5CCCN5C(=O)[C@H](NC5CCOCC5)C(C)C)[nH]4)cc3)cc2)[nH]1)C(C)C. The van der Waals surface area contributed by atoms with Gasteiger partial charge in [0.15, 0.2) is 0 Å². The van der Waals surface area contributed by atoms with E-state index < -0.39 is 12.1 Å². The fourth-order valence-corrected chi connectivity index (χ4v) is 8.34. The Morgan fingerprint density at radius 1 is 0.696 bits per heavy atom. The smallest absolute Gasteiger partial charge is 0.407 e. The molecule has 2 aromatic heterocycles. The second-order valence-electron chi connectivity index (χ2n) is 16.0. The maximum atomic E-state index is 13.9. The molecule has 3 aliphatic heterocycles. The minimum Gasteiger partial charge on any atom is -0.453 e. The molecule has 13 heteroatoms. The van der Waals surface area contributed by atoms with Crippen LogP contribution >= 0.6 is 0 Å². The average molecular weight is 765 g/mol. The van der Waals surface area contributed by atoms with E-state index in [1.165, 1.54) is 7.11 Å². The summed E-state index contributed by atoms with van der Waals surface area (Å²) in [5.41, 5.74) is 6.02. The van der Waals surface area contributed by atoms with Crippen molar-refractivity contribution in [2.75, 3.05) is 33.4 Å². The molecule has 2 aromatic carbocycles. The number of nitrogens with zero attached hydrogens (tertiary/aromatic N) is 4. The third-order valence-electron chi connectivity index (χ3n) is 11.6. The third-order valence-corrected chi connectivity index (χ3v) is 11.6. The summed E-state index contributed by atoms with van der Waals surface area (Å²) in [5, 5.41) is 6.37. The number of ether oxygens (including phenoxy) is 2. The van der Waals surface area contributed by atoms with E-state index in [-0.39, 0.29) is 41.8 Å². The predicted molar refractivity (Wildman–Crippen MR) is 214 cm³/mol. The molecule has 3 amide bonds. The van der Waals surface area contributed by atoms with Crippen molar-refractivity contribution in [3.05, 3.63) is 72.6 Å². The van der Waals surface area contributed by atoms with Crippen LogP contribution in [0.3, 0.4) is 0 Å². The molecule has 0 aliphatic carbocycles. The summed E-state index contributed by atoms with van der Waals surface area (Å²) >= 11 is 0. The molecule has 0 radical (unpaired) electrons. The lowest BCUT2D eigenvalue weighted by Crippen LogP contribution is -2.53. The monoisotopic (exact) mass is 764 g/mol. The first-order valence-electron chi connectivity index (χ1n) is 20.2. The van der Waals surface area contributed by atoms with Crippen LogP contribution in [0.15, 0.2) is 60.9 Å². The van der Waals surface area contributed by atoms with Gasteiger partial charge in [0.1, 0.15) is 17.7 Å². The van der Waals surface area contributed by atoms with Crippen molar-refractivity contribution >= 4 is 17.9 Å². The van der Waals surface area contributed by atoms with E-state index >= 15 is 0 Å². The number of hydrogen-bond acceptors (Lipinski definition) is 8. The standard InChI is InChI=1S/C43H56N8O5/c1-26(2)37(46-32-18-22-56-23-19-32)41(52)50-20-6-8-35(50)39-44-24-33(47-39)30-14-10-28(11-15-30)29-12-16-31(17-13-29)34-25-45-40(48-34)36-9-7-21-51(36)42(53)38(27(3)4)49-43(54)55-5/h10-17,24-27,32,35-38,46H,6-9,18-23H2,1-5H3,(H,44,47)(H,45,48)(H,49,54)/t35-,36-,37+,38-/m0/s1. The van der Waals surface area contributed by atoms with Gasteiger partial charge in [-0.25, -0.2) is 14.8 Å². The highest BCUT2D eigenvalue weighted by Crippen LogP contribution is 2.35. The topological polar surface area (TPSA) is 158 Å². The van der Waals surface area contributed by atoms with E-state index in [0.717, 1.165) is 104 Å². The van der Waals surface area contributed by atoms with E-state index in [0.29, 0.717) is 12.6 Å². The number of carbonyl (C=O) groups is 3. The minimum absolute atomic E-state index is 0.0649. The van der Waals surface area contributed by atoms with Crippen LogP contribution in [0.4, 0.5) is 4.79 Å². The Bertz CT molecular complexity index is 1950. The molecule has 3 aliphatic rings. The van der Waals surface area contributed by atoms with E-state index in [1.807, 2.05) is 36.0 Å². The average Bonchev–Trinajstić information content (AvgIpc) is 4.06. The number of hydrogen-bond donors (Lipinski definition) is 4. The zero-order valence-corrected chi connectivity index (χ0v) is 33.2. The molecule has 3 saturated heterocycles. The number of aromatic amines is 2. The van der Waals surface area contributed by atoms with Gasteiger partial charge in [-0.2, -0.15) is 0 Å². The van der Waals surface area contributed by atoms with Crippen LogP contribution in [0.25, 0.3) is 33.6 Å². The van der Waals surface area contributed by atoms with Crippen molar-refractivity contribution in [3.8, 4) is 33.6 Å². The molecule has 0 bridgehead atoms. The molecular formula is C43H56N8O5.